The molecule has 1 aromatic rings. The van der Waals surface area contributed by atoms with Gasteiger partial charge in [0.1, 0.15) is 0 Å². The van der Waals surface area contributed by atoms with E-state index in [1.807, 2.05) is 0 Å². The Morgan fingerprint density at radius 3 is 2.73 bits per heavy atom. The first-order chi connectivity index (χ1) is 7.43. The summed E-state index contributed by atoms with van der Waals surface area (Å²) in [7, 11) is 0. The van der Waals surface area contributed by atoms with Crippen molar-refractivity contribution in [3.63, 3.8) is 0 Å². The van der Waals surface area contributed by atoms with Crippen LogP contribution in [0.2, 0.25) is 0 Å². The van der Waals surface area contributed by atoms with E-state index in [1.165, 1.54) is 24.8 Å². The van der Waals surface area contributed by atoms with Crippen LogP contribution in [0.3, 0.4) is 0 Å². The molecule has 1 heterocycles. The smallest absolute Gasteiger partial charge is 0.0223 e. The molecular weight excluding hydrogens is 226 g/mol. The molecule has 0 spiro atoms. The lowest BCUT2D eigenvalue weighted by molar-refractivity contribution is 0.600. The van der Waals surface area contributed by atoms with Crippen molar-refractivity contribution < 1.29 is 0 Å². The zero-order valence-corrected chi connectivity index (χ0v) is 10.7. The van der Waals surface area contributed by atoms with E-state index >= 15 is 0 Å². The van der Waals surface area contributed by atoms with E-state index in [1.54, 1.807) is 11.3 Å². The fraction of sp³-hybridized carbons (Fsp3) is 0.667. The Bertz CT molecular complexity index is 224. The van der Waals surface area contributed by atoms with Crippen LogP contribution in [0.4, 0.5) is 0 Å². The molecule has 0 amide bonds. The predicted octanol–water partition coefficient (Wildman–Crippen LogP) is 3.68. The van der Waals surface area contributed by atoms with Crippen LogP contribution in [-0.4, -0.2) is 19.0 Å². The van der Waals surface area contributed by atoms with Crippen LogP contribution in [0.25, 0.3) is 0 Å². The predicted molar refractivity (Wildman–Crippen MR) is 70.1 cm³/mol. The number of thiophene rings is 1. The standard InChI is InChI=1S/C12H20ClNS/c13-7-3-1-2-4-8-14-9-5-12-6-10-15-11-12/h6,10-11,14H,1-5,7-9H2. The normalized spacial score (nSPS) is 10.7. The van der Waals surface area contributed by atoms with E-state index in [9.17, 15) is 0 Å². The van der Waals surface area contributed by atoms with Gasteiger partial charge in [0.25, 0.3) is 0 Å². The summed E-state index contributed by atoms with van der Waals surface area (Å²) in [5.74, 6) is 0.811. The number of nitrogens with one attached hydrogen (secondary N) is 1. The third kappa shape index (κ3) is 6.93. The molecule has 0 aliphatic carbocycles. The van der Waals surface area contributed by atoms with E-state index in [4.69, 9.17) is 11.6 Å². The van der Waals surface area contributed by atoms with Crippen molar-refractivity contribution in [2.45, 2.75) is 32.1 Å². The summed E-state index contributed by atoms with van der Waals surface area (Å²) in [5, 5.41) is 7.84. The summed E-state index contributed by atoms with van der Waals surface area (Å²) < 4.78 is 0. The number of unbranched alkanes of at least 4 members (excludes halogenated alkanes) is 3. The summed E-state index contributed by atoms with van der Waals surface area (Å²) in [6.45, 7) is 2.25. The van der Waals surface area contributed by atoms with E-state index in [0.29, 0.717) is 0 Å². The maximum atomic E-state index is 5.61. The van der Waals surface area contributed by atoms with E-state index < -0.39 is 0 Å². The van der Waals surface area contributed by atoms with Crippen LogP contribution < -0.4 is 5.32 Å². The number of hydrogen-bond donors (Lipinski definition) is 1. The molecule has 0 saturated heterocycles. The molecule has 0 unspecified atom stereocenters. The molecule has 0 aromatic carbocycles. The zero-order valence-electron chi connectivity index (χ0n) is 9.18. The molecule has 0 fully saturated rings. The molecule has 0 bridgehead atoms. The van der Waals surface area contributed by atoms with Crippen LogP contribution in [-0.2, 0) is 6.42 Å². The van der Waals surface area contributed by atoms with Crippen LogP contribution in [0, 0.1) is 0 Å². The van der Waals surface area contributed by atoms with Gasteiger partial charge in [0.2, 0.25) is 0 Å². The Labute approximate surface area is 102 Å². The molecule has 86 valence electrons. The summed E-state index contributed by atoms with van der Waals surface area (Å²) in [6.07, 6.45) is 6.18. The van der Waals surface area contributed by atoms with Crippen LogP contribution in [0.5, 0.6) is 0 Å². The Morgan fingerprint density at radius 1 is 1.13 bits per heavy atom. The van der Waals surface area contributed by atoms with Crippen molar-refractivity contribution in [2.75, 3.05) is 19.0 Å². The molecule has 0 atom stereocenters. The highest BCUT2D eigenvalue weighted by atomic mass is 35.5. The molecule has 3 heteroatoms. The first-order valence-corrected chi connectivity index (χ1v) is 7.19. The minimum Gasteiger partial charge on any atom is -0.316 e. The highest BCUT2D eigenvalue weighted by Crippen LogP contribution is 2.05. The second kappa shape index (κ2) is 9.20. The Morgan fingerprint density at radius 2 is 2.00 bits per heavy atom. The van der Waals surface area contributed by atoms with Crippen LogP contribution >= 0.6 is 22.9 Å². The molecule has 0 radical (unpaired) electrons. The van der Waals surface area contributed by atoms with Crippen molar-refractivity contribution in [2.24, 2.45) is 0 Å². The summed E-state index contributed by atoms with van der Waals surface area (Å²) in [4.78, 5) is 0. The van der Waals surface area contributed by atoms with Gasteiger partial charge in [0, 0.05) is 5.88 Å². The molecule has 15 heavy (non-hydrogen) atoms. The minimum atomic E-state index is 0.811. The lowest BCUT2D eigenvalue weighted by atomic mass is 10.2. The molecular formula is C12H20ClNS. The average molecular weight is 246 g/mol. The third-order valence-corrected chi connectivity index (χ3v) is 3.41. The molecule has 0 saturated carbocycles. The minimum absolute atomic E-state index is 0.811. The molecule has 0 aliphatic heterocycles. The number of halogens is 1. The topological polar surface area (TPSA) is 12.0 Å². The molecule has 1 rings (SSSR count). The number of rotatable bonds is 9. The van der Waals surface area contributed by atoms with Gasteiger partial charge in [0.15, 0.2) is 0 Å². The largest absolute Gasteiger partial charge is 0.316 e. The Balaban J connectivity index is 1.81. The van der Waals surface area contributed by atoms with Gasteiger partial charge in [-0.25, -0.2) is 0 Å². The molecule has 1 N–H and O–H groups in total. The molecule has 0 aliphatic rings. The van der Waals surface area contributed by atoms with Crippen molar-refractivity contribution in [1.29, 1.82) is 0 Å². The van der Waals surface area contributed by atoms with Crippen LogP contribution in [0.15, 0.2) is 16.8 Å². The monoisotopic (exact) mass is 245 g/mol. The van der Waals surface area contributed by atoms with E-state index in [-0.39, 0.29) is 0 Å². The third-order valence-electron chi connectivity index (χ3n) is 2.41. The summed E-state index contributed by atoms with van der Waals surface area (Å²) in [6, 6.07) is 2.20. The fourth-order valence-electron chi connectivity index (χ4n) is 1.49. The molecule has 1 nitrogen and oxygen atoms in total. The first-order valence-electron chi connectivity index (χ1n) is 5.71. The van der Waals surface area contributed by atoms with Gasteiger partial charge in [0.05, 0.1) is 0 Å². The lowest BCUT2D eigenvalue weighted by Crippen LogP contribution is -2.18. The van der Waals surface area contributed by atoms with Gasteiger partial charge in [-0.1, -0.05) is 12.8 Å². The SMILES string of the molecule is ClCCCCCCNCCc1ccsc1. The van der Waals surface area contributed by atoms with Gasteiger partial charge < -0.3 is 5.32 Å². The second-order valence-corrected chi connectivity index (χ2v) is 4.89. The summed E-state index contributed by atoms with van der Waals surface area (Å²) in [5.41, 5.74) is 1.45. The summed E-state index contributed by atoms with van der Waals surface area (Å²) >= 11 is 7.38. The van der Waals surface area contributed by atoms with Crippen molar-refractivity contribution in [1.82, 2.24) is 5.32 Å². The van der Waals surface area contributed by atoms with E-state index in [2.05, 4.69) is 22.1 Å². The maximum Gasteiger partial charge on any atom is 0.0223 e. The van der Waals surface area contributed by atoms with Gasteiger partial charge in [-0.15, -0.1) is 11.6 Å². The second-order valence-electron chi connectivity index (χ2n) is 3.73. The lowest BCUT2D eigenvalue weighted by Gasteiger charge is -2.03. The van der Waals surface area contributed by atoms with E-state index in [0.717, 1.165) is 31.8 Å². The van der Waals surface area contributed by atoms with Gasteiger partial charge in [-0.2, -0.15) is 11.3 Å². The van der Waals surface area contributed by atoms with Crippen molar-refractivity contribution in [3.05, 3.63) is 22.4 Å². The Kier molecular flexibility index (Phi) is 7.98. The highest BCUT2D eigenvalue weighted by Gasteiger charge is 1.93. The maximum absolute atomic E-state index is 5.61. The quantitative estimate of drug-likeness (QED) is 0.517. The number of hydrogen-bond acceptors (Lipinski definition) is 2. The number of alkyl halides is 1. The van der Waals surface area contributed by atoms with Gasteiger partial charge in [-0.3, -0.25) is 0 Å². The van der Waals surface area contributed by atoms with Crippen molar-refractivity contribution >= 4 is 22.9 Å². The van der Waals surface area contributed by atoms with Gasteiger partial charge in [-0.05, 0) is 54.7 Å². The average Bonchev–Trinajstić information content (AvgIpc) is 2.75. The zero-order chi connectivity index (χ0) is 10.8. The van der Waals surface area contributed by atoms with Gasteiger partial charge >= 0.3 is 0 Å². The first kappa shape index (κ1) is 13.0. The fourth-order valence-corrected chi connectivity index (χ4v) is 2.38. The van der Waals surface area contributed by atoms with Crippen LogP contribution in [0.1, 0.15) is 31.2 Å². The van der Waals surface area contributed by atoms with Crippen molar-refractivity contribution in [3.8, 4) is 0 Å². The Hall–Kier alpha value is -0.0500. The molecule has 1 aromatic heterocycles. The highest BCUT2D eigenvalue weighted by molar-refractivity contribution is 7.07.